The van der Waals surface area contributed by atoms with E-state index in [1.165, 1.54) is 5.56 Å². The number of amides is 1. The molecule has 0 aliphatic carbocycles. The lowest BCUT2D eigenvalue weighted by molar-refractivity contribution is -0.150. The summed E-state index contributed by atoms with van der Waals surface area (Å²) in [6.07, 6.45) is 6.09. The highest BCUT2D eigenvalue weighted by molar-refractivity contribution is 5.81. The maximum Gasteiger partial charge on any atom is 0.251 e. The highest BCUT2D eigenvalue weighted by Gasteiger charge is 2.45. The molecule has 1 aromatic carbocycles. The lowest BCUT2D eigenvalue weighted by Crippen LogP contribution is -2.45. The van der Waals surface area contributed by atoms with Crippen LogP contribution in [-0.2, 0) is 16.1 Å². The monoisotopic (exact) mass is 358 g/mol. The molecule has 0 N–H and O–H groups in total. The van der Waals surface area contributed by atoms with Gasteiger partial charge in [-0.2, -0.15) is 0 Å². The summed E-state index contributed by atoms with van der Waals surface area (Å²) in [4.78, 5) is 17.1. The molecule has 3 saturated heterocycles. The lowest BCUT2D eigenvalue weighted by Gasteiger charge is -2.39. The van der Waals surface area contributed by atoms with E-state index in [0.717, 1.165) is 77.0 Å². The smallest absolute Gasteiger partial charge is 0.251 e. The zero-order valence-corrected chi connectivity index (χ0v) is 15.8. The first kappa shape index (κ1) is 17.8. The van der Waals surface area contributed by atoms with Crippen LogP contribution in [0.15, 0.2) is 24.3 Å². The number of carbonyl (C=O) groups is 1. The maximum atomic E-state index is 12.6. The molecule has 5 heteroatoms. The van der Waals surface area contributed by atoms with E-state index in [0.29, 0.717) is 0 Å². The Hall–Kier alpha value is -1.59. The van der Waals surface area contributed by atoms with Crippen LogP contribution in [0.3, 0.4) is 0 Å². The van der Waals surface area contributed by atoms with E-state index in [1.807, 2.05) is 17.0 Å². The Morgan fingerprint density at radius 3 is 2.46 bits per heavy atom. The summed E-state index contributed by atoms with van der Waals surface area (Å²) in [6.45, 7) is 4.88. The Balaban J connectivity index is 1.28. The second-order valence-electron chi connectivity index (χ2n) is 7.98. The highest BCUT2D eigenvalue weighted by Crippen LogP contribution is 2.40. The van der Waals surface area contributed by atoms with Crippen molar-refractivity contribution in [2.24, 2.45) is 0 Å². The van der Waals surface area contributed by atoms with E-state index in [9.17, 15) is 4.79 Å². The fourth-order valence-corrected chi connectivity index (χ4v) is 4.60. The molecule has 1 aromatic rings. The number of ether oxygens (including phenoxy) is 2. The van der Waals surface area contributed by atoms with Gasteiger partial charge in [-0.3, -0.25) is 9.69 Å². The van der Waals surface area contributed by atoms with E-state index < -0.39 is 0 Å². The standard InChI is InChI=1S/C21H30N2O3/c1-25-18-6-4-17(5-7-18)16-22-14-10-21(11-15-22)9-8-19(26-21)20(24)23-12-2-3-13-23/h4-7,19H,2-3,8-16H2,1H3/t19-/m0/s1. The second kappa shape index (κ2) is 7.57. The summed E-state index contributed by atoms with van der Waals surface area (Å²) in [5.41, 5.74) is 1.26. The highest BCUT2D eigenvalue weighted by atomic mass is 16.5. The number of piperidine rings is 1. The van der Waals surface area contributed by atoms with E-state index in [-0.39, 0.29) is 17.6 Å². The zero-order valence-electron chi connectivity index (χ0n) is 15.8. The van der Waals surface area contributed by atoms with Crippen LogP contribution in [0.2, 0.25) is 0 Å². The van der Waals surface area contributed by atoms with Crippen LogP contribution in [-0.4, -0.2) is 60.7 Å². The normalized spacial score (nSPS) is 25.7. The summed E-state index contributed by atoms with van der Waals surface area (Å²) >= 11 is 0. The summed E-state index contributed by atoms with van der Waals surface area (Å²) in [7, 11) is 1.70. The number of hydrogen-bond acceptors (Lipinski definition) is 4. The molecule has 3 aliphatic rings. The van der Waals surface area contributed by atoms with Crippen molar-refractivity contribution in [3.05, 3.63) is 29.8 Å². The van der Waals surface area contributed by atoms with Crippen molar-refractivity contribution in [3.8, 4) is 5.75 Å². The molecule has 0 bridgehead atoms. The van der Waals surface area contributed by atoms with Crippen molar-refractivity contribution >= 4 is 5.91 Å². The number of carbonyl (C=O) groups excluding carboxylic acids is 1. The lowest BCUT2D eigenvalue weighted by atomic mass is 9.88. The minimum absolute atomic E-state index is 0.0591. The molecule has 0 radical (unpaired) electrons. The third kappa shape index (κ3) is 3.74. The van der Waals surface area contributed by atoms with Gasteiger partial charge in [0.25, 0.3) is 5.91 Å². The molecular weight excluding hydrogens is 328 g/mol. The largest absolute Gasteiger partial charge is 0.497 e. The van der Waals surface area contributed by atoms with Gasteiger partial charge in [-0.25, -0.2) is 0 Å². The predicted molar refractivity (Wildman–Crippen MR) is 100 cm³/mol. The molecule has 1 amide bonds. The van der Waals surface area contributed by atoms with Crippen LogP contribution in [0.1, 0.15) is 44.1 Å². The van der Waals surface area contributed by atoms with E-state index in [2.05, 4.69) is 17.0 Å². The average molecular weight is 358 g/mol. The first-order valence-corrected chi connectivity index (χ1v) is 9.99. The van der Waals surface area contributed by atoms with Crippen LogP contribution < -0.4 is 4.74 Å². The molecule has 0 saturated carbocycles. The summed E-state index contributed by atoms with van der Waals surface area (Å²) < 4.78 is 11.6. The average Bonchev–Trinajstić information content (AvgIpc) is 3.35. The topological polar surface area (TPSA) is 42.0 Å². The molecule has 3 aliphatic heterocycles. The van der Waals surface area contributed by atoms with Crippen molar-refractivity contribution in [1.82, 2.24) is 9.80 Å². The molecule has 3 fully saturated rings. The molecule has 0 aromatic heterocycles. The maximum absolute atomic E-state index is 12.6. The molecule has 5 nitrogen and oxygen atoms in total. The van der Waals surface area contributed by atoms with Crippen LogP contribution in [0.5, 0.6) is 5.75 Å². The Labute approximate surface area is 156 Å². The van der Waals surface area contributed by atoms with Gasteiger partial charge < -0.3 is 14.4 Å². The first-order valence-electron chi connectivity index (χ1n) is 9.99. The summed E-state index contributed by atoms with van der Waals surface area (Å²) in [6, 6.07) is 8.32. The van der Waals surface area contributed by atoms with E-state index in [4.69, 9.17) is 9.47 Å². The second-order valence-corrected chi connectivity index (χ2v) is 7.98. The Morgan fingerprint density at radius 2 is 1.81 bits per heavy atom. The minimum Gasteiger partial charge on any atom is -0.497 e. The van der Waals surface area contributed by atoms with Crippen LogP contribution in [0.25, 0.3) is 0 Å². The number of likely N-dealkylation sites (tertiary alicyclic amines) is 2. The van der Waals surface area contributed by atoms with E-state index in [1.54, 1.807) is 7.11 Å². The van der Waals surface area contributed by atoms with Crippen LogP contribution in [0, 0.1) is 0 Å². The molecule has 26 heavy (non-hydrogen) atoms. The van der Waals surface area contributed by atoms with Gasteiger partial charge in [0, 0.05) is 32.7 Å². The van der Waals surface area contributed by atoms with Crippen molar-refractivity contribution < 1.29 is 14.3 Å². The number of methoxy groups -OCH3 is 1. The molecule has 0 unspecified atom stereocenters. The van der Waals surface area contributed by atoms with Crippen molar-refractivity contribution in [3.63, 3.8) is 0 Å². The molecule has 1 atom stereocenters. The molecular formula is C21H30N2O3. The van der Waals surface area contributed by atoms with Crippen molar-refractivity contribution in [2.75, 3.05) is 33.3 Å². The van der Waals surface area contributed by atoms with Gasteiger partial charge in [0.1, 0.15) is 11.9 Å². The van der Waals surface area contributed by atoms with Gasteiger partial charge >= 0.3 is 0 Å². The molecule has 4 rings (SSSR count). The van der Waals surface area contributed by atoms with Gasteiger partial charge in [0.2, 0.25) is 0 Å². The fourth-order valence-electron chi connectivity index (χ4n) is 4.60. The van der Waals surface area contributed by atoms with Crippen molar-refractivity contribution in [1.29, 1.82) is 0 Å². The fraction of sp³-hybridized carbons (Fsp3) is 0.667. The van der Waals surface area contributed by atoms with Gasteiger partial charge in [-0.15, -0.1) is 0 Å². The number of rotatable bonds is 4. The van der Waals surface area contributed by atoms with Gasteiger partial charge in [-0.1, -0.05) is 12.1 Å². The Bertz CT molecular complexity index is 617. The Kier molecular flexibility index (Phi) is 5.18. The number of nitrogens with zero attached hydrogens (tertiary/aromatic N) is 2. The number of hydrogen-bond donors (Lipinski definition) is 0. The van der Waals surface area contributed by atoms with E-state index >= 15 is 0 Å². The van der Waals surface area contributed by atoms with Crippen molar-refractivity contribution in [2.45, 2.75) is 56.8 Å². The molecule has 142 valence electrons. The van der Waals surface area contributed by atoms with Gasteiger partial charge in [0.05, 0.1) is 12.7 Å². The summed E-state index contributed by atoms with van der Waals surface area (Å²) in [5.74, 6) is 1.14. The number of benzene rings is 1. The molecule has 3 heterocycles. The summed E-state index contributed by atoms with van der Waals surface area (Å²) in [5, 5.41) is 0. The quantitative estimate of drug-likeness (QED) is 0.830. The zero-order chi connectivity index (χ0) is 18.0. The van der Waals surface area contributed by atoms with Crippen LogP contribution in [0.4, 0.5) is 0 Å². The van der Waals surface area contributed by atoms with Crippen LogP contribution >= 0.6 is 0 Å². The Morgan fingerprint density at radius 1 is 1.12 bits per heavy atom. The molecule has 1 spiro atoms. The predicted octanol–water partition coefficient (Wildman–Crippen LogP) is 2.83. The minimum atomic E-state index is -0.193. The first-order chi connectivity index (χ1) is 12.7. The third-order valence-electron chi connectivity index (χ3n) is 6.28. The third-order valence-corrected chi connectivity index (χ3v) is 6.28. The SMILES string of the molecule is COc1ccc(CN2CCC3(CC[C@@H](C(=O)N4CCCC4)O3)CC2)cc1. The van der Waals surface area contributed by atoms with Gasteiger partial charge in [-0.05, 0) is 56.2 Å². The van der Waals surface area contributed by atoms with Gasteiger partial charge in [0.15, 0.2) is 0 Å².